The fourth-order valence-corrected chi connectivity index (χ4v) is 2.86. The number of nitrogens with two attached hydrogens (primary N) is 1. The van der Waals surface area contributed by atoms with Gasteiger partial charge in [0.05, 0.1) is 0 Å². The molecule has 0 aliphatic carbocycles. The average Bonchev–Trinajstić information content (AvgIpc) is 3.14. The van der Waals surface area contributed by atoms with Crippen LogP contribution in [0.5, 0.6) is 0 Å². The maximum absolute atomic E-state index is 12.5. The minimum absolute atomic E-state index is 0. The number of amides is 1. The molecule has 2 N–H and O–H groups in total. The molecule has 1 aromatic carbocycles. The molecule has 0 spiro atoms. The van der Waals surface area contributed by atoms with E-state index < -0.39 is 0 Å². The molecule has 1 fully saturated rings. The lowest BCUT2D eigenvalue weighted by Crippen LogP contribution is -2.34. The van der Waals surface area contributed by atoms with Gasteiger partial charge in [-0.05, 0) is 25.8 Å². The number of rotatable bonds is 3. The normalized spacial score (nSPS) is 20.7. The third-order valence-electron chi connectivity index (χ3n) is 4.05. The largest absolute Gasteiger partial charge is 0.350 e. The number of carbonyl (C=O) groups is 1. The average molecular weight is 322 g/mol. The van der Waals surface area contributed by atoms with E-state index in [-0.39, 0.29) is 24.4 Å². The maximum Gasteiger partial charge on any atom is 0.292 e. The monoisotopic (exact) mass is 321 g/mol. The smallest absolute Gasteiger partial charge is 0.292 e. The number of benzene rings is 1. The highest BCUT2D eigenvalue weighted by atomic mass is 35.5. The van der Waals surface area contributed by atoms with E-state index in [1.165, 1.54) is 0 Å². The van der Waals surface area contributed by atoms with Crippen molar-refractivity contribution in [1.29, 1.82) is 0 Å². The summed E-state index contributed by atoms with van der Waals surface area (Å²) in [7, 11) is 0. The molecule has 2 heterocycles. The predicted octanol–water partition coefficient (Wildman–Crippen LogP) is 2.57. The van der Waals surface area contributed by atoms with Gasteiger partial charge in [0.1, 0.15) is 5.69 Å². The van der Waals surface area contributed by atoms with Crippen molar-refractivity contribution in [3.05, 3.63) is 42.2 Å². The summed E-state index contributed by atoms with van der Waals surface area (Å²) in [6.45, 7) is 3.35. The lowest BCUT2D eigenvalue weighted by Gasteiger charge is -2.19. The first kappa shape index (κ1) is 16.5. The Kier molecular flexibility index (Phi) is 5.21. The fraction of sp³-hybridized carbons (Fsp3) is 0.375. The van der Waals surface area contributed by atoms with Crippen LogP contribution in [0.25, 0.3) is 11.3 Å². The Morgan fingerprint density at radius 3 is 2.77 bits per heavy atom. The van der Waals surface area contributed by atoms with Gasteiger partial charge in [-0.25, -0.2) is 0 Å². The lowest BCUT2D eigenvalue weighted by atomic mass is 10.1. The molecule has 3 rings (SSSR count). The second-order valence-electron chi connectivity index (χ2n) is 5.59. The zero-order chi connectivity index (χ0) is 14.8. The van der Waals surface area contributed by atoms with Crippen molar-refractivity contribution in [2.75, 3.05) is 13.1 Å². The summed E-state index contributed by atoms with van der Waals surface area (Å²) < 4.78 is 5.24. The molecule has 0 bridgehead atoms. The third-order valence-corrected chi connectivity index (χ3v) is 4.05. The highest BCUT2D eigenvalue weighted by Crippen LogP contribution is 2.25. The van der Waals surface area contributed by atoms with Gasteiger partial charge in [0.25, 0.3) is 5.91 Å². The van der Waals surface area contributed by atoms with Gasteiger partial charge in [-0.1, -0.05) is 35.5 Å². The van der Waals surface area contributed by atoms with E-state index in [1.54, 1.807) is 6.07 Å². The minimum atomic E-state index is -0.104. The molecule has 2 aromatic rings. The SMILES string of the molecule is CC1CC(CN)CN1C(=O)c1cc(-c2ccccc2)no1.Cl. The number of aromatic nitrogens is 1. The lowest BCUT2D eigenvalue weighted by molar-refractivity contribution is 0.0701. The van der Waals surface area contributed by atoms with E-state index in [1.807, 2.05) is 42.2 Å². The summed E-state index contributed by atoms with van der Waals surface area (Å²) in [4.78, 5) is 14.3. The van der Waals surface area contributed by atoms with Crippen LogP contribution in [0, 0.1) is 5.92 Å². The van der Waals surface area contributed by atoms with Crippen LogP contribution in [-0.2, 0) is 0 Å². The summed E-state index contributed by atoms with van der Waals surface area (Å²) >= 11 is 0. The Morgan fingerprint density at radius 1 is 1.41 bits per heavy atom. The van der Waals surface area contributed by atoms with Crippen LogP contribution in [0.1, 0.15) is 23.9 Å². The van der Waals surface area contributed by atoms with Gasteiger partial charge >= 0.3 is 0 Å². The van der Waals surface area contributed by atoms with Crippen LogP contribution in [0.15, 0.2) is 40.9 Å². The Labute approximate surface area is 135 Å². The Bertz CT molecular complexity index is 629. The summed E-state index contributed by atoms with van der Waals surface area (Å²) in [6.07, 6.45) is 0.946. The molecule has 2 atom stereocenters. The molecule has 1 aliphatic rings. The second kappa shape index (κ2) is 6.94. The Morgan fingerprint density at radius 2 is 2.14 bits per heavy atom. The van der Waals surface area contributed by atoms with Gasteiger partial charge in [-0.15, -0.1) is 12.4 Å². The van der Waals surface area contributed by atoms with E-state index in [0.29, 0.717) is 30.5 Å². The van der Waals surface area contributed by atoms with Crippen LogP contribution in [0.3, 0.4) is 0 Å². The summed E-state index contributed by atoms with van der Waals surface area (Å²) in [5, 5.41) is 4.00. The van der Waals surface area contributed by atoms with Crippen molar-refractivity contribution >= 4 is 18.3 Å². The standard InChI is InChI=1S/C16H19N3O2.ClH/c1-11-7-12(9-17)10-19(11)16(20)15-8-14(18-21-15)13-5-3-2-4-6-13;/h2-6,8,11-12H,7,9-10,17H2,1H3;1H. The highest BCUT2D eigenvalue weighted by Gasteiger charge is 2.33. The second-order valence-corrected chi connectivity index (χ2v) is 5.59. The number of likely N-dealkylation sites (tertiary alicyclic amines) is 1. The highest BCUT2D eigenvalue weighted by molar-refractivity contribution is 5.92. The number of hydrogen-bond donors (Lipinski definition) is 1. The van der Waals surface area contributed by atoms with E-state index in [2.05, 4.69) is 5.16 Å². The summed E-state index contributed by atoms with van der Waals surface area (Å²) in [5.41, 5.74) is 7.32. The van der Waals surface area contributed by atoms with E-state index in [0.717, 1.165) is 12.0 Å². The molecule has 6 heteroatoms. The number of halogens is 1. The molecule has 0 radical (unpaired) electrons. The first-order valence-corrected chi connectivity index (χ1v) is 7.22. The Hall–Kier alpha value is -1.85. The molecular weight excluding hydrogens is 302 g/mol. The topological polar surface area (TPSA) is 72.4 Å². The predicted molar refractivity (Wildman–Crippen MR) is 86.8 cm³/mol. The Balaban J connectivity index is 0.00000176. The van der Waals surface area contributed by atoms with E-state index in [9.17, 15) is 4.79 Å². The van der Waals surface area contributed by atoms with Crippen LogP contribution >= 0.6 is 12.4 Å². The van der Waals surface area contributed by atoms with Crippen molar-refractivity contribution in [3.8, 4) is 11.3 Å². The maximum atomic E-state index is 12.5. The zero-order valence-electron chi connectivity index (χ0n) is 12.4. The van der Waals surface area contributed by atoms with E-state index >= 15 is 0 Å². The van der Waals surface area contributed by atoms with Gasteiger partial charge in [-0.3, -0.25) is 4.79 Å². The zero-order valence-corrected chi connectivity index (χ0v) is 13.3. The van der Waals surface area contributed by atoms with Crippen molar-refractivity contribution in [2.24, 2.45) is 11.7 Å². The van der Waals surface area contributed by atoms with Crippen molar-refractivity contribution in [2.45, 2.75) is 19.4 Å². The van der Waals surface area contributed by atoms with Gasteiger partial charge in [0.2, 0.25) is 5.76 Å². The molecule has 118 valence electrons. The summed E-state index contributed by atoms with van der Waals surface area (Å²) in [6, 6.07) is 11.6. The molecule has 1 amide bonds. The van der Waals surface area contributed by atoms with Gasteiger partial charge in [0.15, 0.2) is 0 Å². The molecular formula is C16H20ClN3O2. The van der Waals surface area contributed by atoms with Crippen LogP contribution in [0.2, 0.25) is 0 Å². The number of nitrogens with zero attached hydrogens (tertiary/aromatic N) is 2. The van der Waals surface area contributed by atoms with Crippen molar-refractivity contribution < 1.29 is 9.32 Å². The third kappa shape index (κ3) is 3.15. The van der Waals surface area contributed by atoms with Crippen molar-refractivity contribution in [3.63, 3.8) is 0 Å². The summed E-state index contributed by atoms with van der Waals surface area (Å²) in [5.74, 6) is 0.562. The fourth-order valence-electron chi connectivity index (χ4n) is 2.86. The van der Waals surface area contributed by atoms with Crippen LogP contribution < -0.4 is 5.73 Å². The number of carbonyl (C=O) groups excluding carboxylic acids is 1. The quantitative estimate of drug-likeness (QED) is 0.943. The first-order valence-electron chi connectivity index (χ1n) is 7.22. The van der Waals surface area contributed by atoms with E-state index in [4.69, 9.17) is 10.3 Å². The molecule has 1 aliphatic heterocycles. The van der Waals surface area contributed by atoms with Gasteiger partial charge < -0.3 is 15.2 Å². The molecule has 1 saturated heterocycles. The van der Waals surface area contributed by atoms with Crippen LogP contribution in [-0.4, -0.2) is 35.1 Å². The van der Waals surface area contributed by atoms with Crippen molar-refractivity contribution in [1.82, 2.24) is 10.1 Å². The first-order chi connectivity index (χ1) is 10.2. The van der Waals surface area contributed by atoms with Gasteiger partial charge in [0, 0.05) is 24.2 Å². The molecule has 1 aromatic heterocycles. The molecule has 0 saturated carbocycles. The molecule has 5 nitrogen and oxygen atoms in total. The molecule has 22 heavy (non-hydrogen) atoms. The van der Waals surface area contributed by atoms with Gasteiger partial charge in [-0.2, -0.15) is 0 Å². The minimum Gasteiger partial charge on any atom is -0.350 e. The van der Waals surface area contributed by atoms with Crippen LogP contribution in [0.4, 0.5) is 0 Å². The number of hydrogen-bond acceptors (Lipinski definition) is 4. The molecule has 2 unspecified atom stereocenters.